The van der Waals surface area contributed by atoms with E-state index in [1.165, 1.54) is 49.2 Å². The number of hydrogen-bond donors (Lipinski definition) is 2. The van der Waals surface area contributed by atoms with Gasteiger partial charge in [0.25, 0.3) is 11.8 Å². The molecule has 0 radical (unpaired) electrons. The number of carbonyl (C=O) groups excluding carboxylic acids is 2. The van der Waals surface area contributed by atoms with Gasteiger partial charge in [0.2, 0.25) is 0 Å². The molecule has 0 bridgehead atoms. The van der Waals surface area contributed by atoms with E-state index in [1.54, 1.807) is 24.3 Å². The Morgan fingerprint density at radius 2 is 1.15 bits per heavy atom. The zero-order chi connectivity index (χ0) is 18.2. The van der Waals surface area contributed by atoms with Crippen LogP contribution < -0.4 is 10.9 Å². The van der Waals surface area contributed by atoms with E-state index in [4.69, 9.17) is 8.83 Å². The van der Waals surface area contributed by atoms with Crippen LogP contribution in [0.1, 0.15) is 32.2 Å². The fourth-order valence-electron chi connectivity index (χ4n) is 1.94. The first-order valence-corrected chi connectivity index (χ1v) is 7.56. The van der Waals surface area contributed by atoms with Crippen LogP contribution in [0.2, 0.25) is 0 Å². The number of hydrazone groups is 2. The van der Waals surface area contributed by atoms with Crippen LogP contribution in [-0.2, 0) is 0 Å². The fraction of sp³-hybridized carbons (Fsp3) is 0. The lowest BCUT2D eigenvalue weighted by molar-refractivity contribution is 0.0943. The molecule has 1 aromatic carbocycles. The zero-order valence-electron chi connectivity index (χ0n) is 13.5. The molecule has 0 saturated heterocycles. The molecule has 2 amide bonds. The number of rotatable bonds is 6. The third-order valence-electron chi connectivity index (χ3n) is 3.21. The van der Waals surface area contributed by atoms with Gasteiger partial charge in [0.15, 0.2) is 0 Å². The molecular formula is C18H14N4O4. The van der Waals surface area contributed by atoms with Crippen LogP contribution in [-0.4, -0.2) is 24.2 Å². The second-order valence-electron chi connectivity index (χ2n) is 5.01. The van der Waals surface area contributed by atoms with Gasteiger partial charge in [-0.05, 0) is 48.5 Å². The molecule has 0 aliphatic heterocycles. The Bertz CT molecular complexity index is 834. The average molecular weight is 350 g/mol. The third-order valence-corrected chi connectivity index (χ3v) is 3.21. The van der Waals surface area contributed by atoms with E-state index in [2.05, 4.69) is 21.1 Å². The summed E-state index contributed by atoms with van der Waals surface area (Å²) in [6, 6.07) is 12.9. The molecular weight excluding hydrogens is 336 g/mol. The van der Waals surface area contributed by atoms with Crippen molar-refractivity contribution in [2.45, 2.75) is 0 Å². The van der Waals surface area contributed by atoms with Crippen LogP contribution in [0, 0.1) is 0 Å². The monoisotopic (exact) mass is 350 g/mol. The van der Waals surface area contributed by atoms with Crippen molar-refractivity contribution in [2.75, 3.05) is 0 Å². The van der Waals surface area contributed by atoms with Crippen LogP contribution in [0.25, 0.3) is 0 Å². The third kappa shape index (κ3) is 4.54. The van der Waals surface area contributed by atoms with Crippen molar-refractivity contribution in [1.82, 2.24) is 10.9 Å². The summed E-state index contributed by atoms with van der Waals surface area (Å²) in [5.41, 5.74) is 5.46. The van der Waals surface area contributed by atoms with Crippen molar-refractivity contribution in [3.05, 3.63) is 83.7 Å². The van der Waals surface area contributed by atoms with Gasteiger partial charge in [-0.15, -0.1) is 0 Å². The van der Waals surface area contributed by atoms with Crippen molar-refractivity contribution in [2.24, 2.45) is 10.2 Å². The van der Waals surface area contributed by atoms with Crippen LogP contribution in [0.3, 0.4) is 0 Å². The number of nitrogens with one attached hydrogen (secondary N) is 2. The molecule has 26 heavy (non-hydrogen) atoms. The summed E-state index contributed by atoms with van der Waals surface area (Å²) >= 11 is 0. The standard InChI is InChI=1S/C18H14N4O4/c23-17(21-19-11-15-3-1-9-25-15)13-5-7-14(8-6-13)18(24)22-20-12-16-4-2-10-26-16/h1-12H,(H,21,23)(H,22,24). The van der Waals surface area contributed by atoms with Crippen molar-refractivity contribution in [3.63, 3.8) is 0 Å². The summed E-state index contributed by atoms with van der Waals surface area (Å²) in [4.78, 5) is 23.9. The van der Waals surface area contributed by atoms with Gasteiger partial charge in [-0.2, -0.15) is 10.2 Å². The first-order valence-electron chi connectivity index (χ1n) is 7.56. The molecule has 8 heteroatoms. The summed E-state index contributed by atoms with van der Waals surface area (Å²) in [5.74, 6) is 0.228. The molecule has 0 unspecified atom stereocenters. The minimum Gasteiger partial charge on any atom is -0.463 e. The number of hydrogen-bond acceptors (Lipinski definition) is 6. The van der Waals surface area contributed by atoms with Crippen LogP contribution in [0.4, 0.5) is 0 Å². The smallest absolute Gasteiger partial charge is 0.271 e. The highest BCUT2D eigenvalue weighted by molar-refractivity contribution is 5.98. The zero-order valence-corrected chi connectivity index (χ0v) is 13.5. The normalized spacial score (nSPS) is 11.1. The van der Waals surface area contributed by atoms with Crippen molar-refractivity contribution in [1.29, 1.82) is 0 Å². The van der Waals surface area contributed by atoms with Crippen LogP contribution >= 0.6 is 0 Å². The summed E-state index contributed by atoms with van der Waals surface area (Å²) in [6.07, 6.45) is 5.78. The van der Waals surface area contributed by atoms with Gasteiger partial charge in [-0.3, -0.25) is 9.59 Å². The number of furan rings is 2. The summed E-state index contributed by atoms with van der Waals surface area (Å²) < 4.78 is 10.1. The van der Waals surface area contributed by atoms with E-state index in [1.807, 2.05) is 0 Å². The lowest BCUT2D eigenvalue weighted by atomic mass is 10.1. The predicted octanol–water partition coefficient (Wildman–Crippen LogP) is 2.40. The van der Waals surface area contributed by atoms with Gasteiger partial charge in [-0.1, -0.05) is 0 Å². The largest absolute Gasteiger partial charge is 0.463 e. The molecule has 8 nitrogen and oxygen atoms in total. The van der Waals surface area contributed by atoms with Gasteiger partial charge in [0.05, 0.1) is 25.0 Å². The van der Waals surface area contributed by atoms with Crippen molar-refractivity contribution in [3.8, 4) is 0 Å². The number of amides is 2. The molecule has 130 valence electrons. The van der Waals surface area contributed by atoms with Gasteiger partial charge >= 0.3 is 0 Å². The number of nitrogens with zero attached hydrogens (tertiary/aromatic N) is 2. The van der Waals surface area contributed by atoms with Gasteiger partial charge < -0.3 is 8.83 Å². The molecule has 2 N–H and O–H groups in total. The van der Waals surface area contributed by atoms with E-state index in [0.717, 1.165) is 0 Å². The fourth-order valence-corrected chi connectivity index (χ4v) is 1.94. The van der Waals surface area contributed by atoms with E-state index in [-0.39, 0.29) is 0 Å². The second-order valence-corrected chi connectivity index (χ2v) is 5.01. The quantitative estimate of drug-likeness (QED) is 0.525. The summed E-state index contributed by atoms with van der Waals surface area (Å²) in [5, 5.41) is 7.57. The first kappa shape index (κ1) is 16.9. The predicted molar refractivity (Wildman–Crippen MR) is 94.0 cm³/mol. The Morgan fingerprint density at radius 1 is 0.731 bits per heavy atom. The topological polar surface area (TPSA) is 109 Å². The minimum atomic E-state index is -0.407. The molecule has 3 rings (SSSR count). The second kappa shape index (κ2) is 8.25. The average Bonchev–Trinajstić information content (AvgIpc) is 3.36. The molecule has 0 atom stereocenters. The van der Waals surface area contributed by atoms with Gasteiger partial charge in [-0.25, -0.2) is 10.9 Å². The minimum absolute atomic E-state index is 0.359. The lowest BCUT2D eigenvalue weighted by Gasteiger charge is -2.02. The molecule has 0 fully saturated rings. The maximum absolute atomic E-state index is 12.0. The summed E-state index contributed by atoms with van der Waals surface area (Å²) in [7, 11) is 0. The Kier molecular flexibility index (Phi) is 5.36. The number of carbonyl (C=O) groups is 2. The molecule has 2 aromatic heterocycles. The highest BCUT2D eigenvalue weighted by Gasteiger charge is 2.08. The number of benzene rings is 1. The van der Waals surface area contributed by atoms with Gasteiger partial charge in [0.1, 0.15) is 11.5 Å². The van der Waals surface area contributed by atoms with Crippen molar-refractivity contribution >= 4 is 24.2 Å². The Morgan fingerprint density at radius 3 is 1.50 bits per heavy atom. The molecule has 0 aliphatic rings. The van der Waals surface area contributed by atoms with Gasteiger partial charge in [0, 0.05) is 11.1 Å². The highest BCUT2D eigenvalue weighted by Crippen LogP contribution is 2.05. The lowest BCUT2D eigenvalue weighted by Crippen LogP contribution is -2.19. The Balaban J connectivity index is 1.53. The molecule has 2 heterocycles. The molecule has 0 aliphatic carbocycles. The first-order chi connectivity index (χ1) is 12.7. The maximum atomic E-state index is 12.0. The maximum Gasteiger partial charge on any atom is 0.271 e. The molecule has 3 aromatic rings. The summed E-state index contributed by atoms with van der Waals surface area (Å²) in [6.45, 7) is 0. The Hall–Kier alpha value is -3.94. The van der Waals surface area contributed by atoms with E-state index < -0.39 is 11.8 Å². The van der Waals surface area contributed by atoms with E-state index >= 15 is 0 Å². The van der Waals surface area contributed by atoms with Crippen LogP contribution in [0.5, 0.6) is 0 Å². The SMILES string of the molecule is O=C(NN=Cc1ccco1)c1ccc(C(=O)NN=Cc2ccco2)cc1. The van der Waals surface area contributed by atoms with Crippen molar-refractivity contribution < 1.29 is 18.4 Å². The molecule has 0 spiro atoms. The van der Waals surface area contributed by atoms with Crippen LogP contribution in [0.15, 0.2) is 80.1 Å². The van der Waals surface area contributed by atoms with E-state index in [9.17, 15) is 9.59 Å². The Labute approximate surface area is 148 Å². The highest BCUT2D eigenvalue weighted by atomic mass is 16.3. The molecule has 0 saturated carbocycles. The van der Waals surface area contributed by atoms with E-state index in [0.29, 0.717) is 22.6 Å².